The fraction of sp³-hybridized carbons (Fsp3) is 0.368. The van der Waals surface area contributed by atoms with Gasteiger partial charge in [-0.05, 0) is 48.7 Å². The molecule has 1 N–H and O–H groups in total. The van der Waals surface area contributed by atoms with Crippen molar-refractivity contribution in [2.24, 2.45) is 5.92 Å². The SMILES string of the molecule is [2H]C1([2H])Oc2ccc(OC([2H])([2H])[C@@H]3CNCCC3([2H])c3ccc(F)cc3)cc2O1. The molecule has 2 aliphatic rings. The topological polar surface area (TPSA) is 39.7 Å². The molecule has 2 aliphatic heterocycles. The van der Waals surface area contributed by atoms with Gasteiger partial charge in [-0.1, -0.05) is 12.1 Å². The van der Waals surface area contributed by atoms with Crippen LogP contribution in [0.5, 0.6) is 17.2 Å². The average molecular weight is 334 g/mol. The number of halogens is 1. The Hall–Kier alpha value is -2.27. The van der Waals surface area contributed by atoms with E-state index in [1.54, 1.807) is 0 Å². The minimum atomic E-state index is -2.29. The van der Waals surface area contributed by atoms with E-state index in [-0.39, 0.29) is 23.8 Å². The first-order chi connectivity index (χ1) is 13.6. The molecule has 0 amide bonds. The largest absolute Gasteiger partial charge is 0.493 e. The molecule has 4 nitrogen and oxygen atoms in total. The first kappa shape index (κ1) is 10.6. The molecular formula is C19H20FNO3. The summed E-state index contributed by atoms with van der Waals surface area (Å²) in [4.78, 5) is 0. The number of hydrogen-bond donors (Lipinski definition) is 1. The Balaban J connectivity index is 1.61. The van der Waals surface area contributed by atoms with Gasteiger partial charge in [0.1, 0.15) is 14.3 Å². The Labute approximate surface area is 147 Å². The van der Waals surface area contributed by atoms with Crippen LogP contribution in [0, 0.1) is 11.7 Å². The van der Waals surface area contributed by atoms with Crippen molar-refractivity contribution in [3.63, 3.8) is 0 Å². The van der Waals surface area contributed by atoms with Crippen molar-refractivity contribution in [2.45, 2.75) is 12.3 Å². The van der Waals surface area contributed by atoms with Crippen LogP contribution in [-0.4, -0.2) is 26.4 Å². The van der Waals surface area contributed by atoms with Gasteiger partial charge < -0.3 is 19.5 Å². The van der Waals surface area contributed by atoms with Gasteiger partial charge in [-0.3, -0.25) is 0 Å². The van der Waals surface area contributed by atoms with Gasteiger partial charge in [0.05, 0.1) is 9.30 Å². The predicted octanol–water partition coefficient (Wildman–Crippen LogP) is 3.33. The van der Waals surface area contributed by atoms with Gasteiger partial charge >= 0.3 is 0 Å². The minimum absolute atomic E-state index is 0.112. The van der Waals surface area contributed by atoms with E-state index < -0.39 is 30.9 Å². The fourth-order valence-electron chi connectivity index (χ4n) is 2.85. The number of piperidine rings is 1. The van der Waals surface area contributed by atoms with E-state index in [2.05, 4.69) is 5.32 Å². The van der Waals surface area contributed by atoms with E-state index in [0.29, 0.717) is 18.5 Å². The average Bonchev–Trinajstić information content (AvgIpc) is 2.95. The third-order valence-corrected chi connectivity index (χ3v) is 4.09. The summed E-state index contributed by atoms with van der Waals surface area (Å²) in [5.41, 5.74) is 0.525. The van der Waals surface area contributed by atoms with Gasteiger partial charge in [0.2, 0.25) is 6.75 Å². The summed E-state index contributed by atoms with van der Waals surface area (Å²) in [5, 5.41) is 3.11. The maximum absolute atomic E-state index is 13.3. The molecule has 4 rings (SSSR count). The molecule has 5 heteroatoms. The molecule has 1 fully saturated rings. The summed E-state index contributed by atoms with van der Waals surface area (Å²) < 4.78 is 70.1. The number of hydrogen-bond acceptors (Lipinski definition) is 4. The van der Waals surface area contributed by atoms with Crippen LogP contribution in [0.15, 0.2) is 42.5 Å². The van der Waals surface area contributed by atoms with Crippen molar-refractivity contribution >= 4 is 0 Å². The van der Waals surface area contributed by atoms with Crippen LogP contribution >= 0.6 is 0 Å². The van der Waals surface area contributed by atoms with Gasteiger partial charge in [0.15, 0.2) is 11.5 Å². The van der Waals surface area contributed by atoms with Gasteiger partial charge in [-0.15, -0.1) is 0 Å². The van der Waals surface area contributed by atoms with Gasteiger partial charge in [0.25, 0.3) is 0 Å². The predicted molar refractivity (Wildman–Crippen MR) is 88.2 cm³/mol. The third-order valence-electron chi connectivity index (χ3n) is 4.09. The Morgan fingerprint density at radius 2 is 2.08 bits per heavy atom. The van der Waals surface area contributed by atoms with Crippen molar-refractivity contribution in [3.05, 3.63) is 53.8 Å². The summed E-state index contributed by atoms with van der Waals surface area (Å²) in [6.07, 6.45) is 0.341. The second-order valence-electron chi connectivity index (χ2n) is 5.65. The molecule has 24 heavy (non-hydrogen) atoms. The van der Waals surface area contributed by atoms with Gasteiger partial charge in [-0.2, -0.15) is 0 Å². The maximum atomic E-state index is 13.3. The van der Waals surface area contributed by atoms with E-state index in [1.807, 2.05) is 0 Å². The first-order valence-electron chi connectivity index (χ1n) is 10.3. The van der Waals surface area contributed by atoms with Crippen LogP contribution in [0.25, 0.3) is 0 Å². The molecule has 0 saturated carbocycles. The van der Waals surface area contributed by atoms with Crippen LogP contribution < -0.4 is 19.5 Å². The van der Waals surface area contributed by atoms with Gasteiger partial charge in [0, 0.05) is 19.9 Å². The Morgan fingerprint density at radius 3 is 2.96 bits per heavy atom. The van der Waals surface area contributed by atoms with Crippen LogP contribution in [0.1, 0.15) is 24.7 Å². The zero-order valence-electron chi connectivity index (χ0n) is 17.8. The van der Waals surface area contributed by atoms with Crippen LogP contribution in [-0.2, 0) is 0 Å². The number of ether oxygens (including phenoxy) is 3. The first-order valence-corrected chi connectivity index (χ1v) is 7.77. The molecule has 2 heterocycles. The third kappa shape index (κ3) is 3.17. The number of benzene rings is 2. The number of nitrogens with one attached hydrogen (secondary N) is 1. The van der Waals surface area contributed by atoms with Crippen molar-refractivity contribution in [3.8, 4) is 17.2 Å². The molecule has 0 bridgehead atoms. The summed E-state index contributed by atoms with van der Waals surface area (Å²) >= 11 is 0. The highest BCUT2D eigenvalue weighted by molar-refractivity contribution is 5.46. The molecule has 2 aromatic carbocycles. The molecule has 1 unspecified atom stereocenters. The number of fused-ring (bicyclic) bond motifs is 1. The maximum Gasteiger partial charge on any atom is 0.231 e. The van der Waals surface area contributed by atoms with Crippen molar-refractivity contribution in [1.29, 1.82) is 0 Å². The van der Waals surface area contributed by atoms with Crippen LogP contribution in [0.4, 0.5) is 4.39 Å². The molecule has 0 radical (unpaired) electrons. The van der Waals surface area contributed by atoms with Crippen LogP contribution in [0.2, 0.25) is 0 Å². The Kier molecular flexibility index (Phi) is 2.95. The van der Waals surface area contributed by atoms with E-state index >= 15 is 0 Å². The lowest BCUT2D eigenvalue weighted by atomic mass is 9.81. The fourth-order valence-corrected chi connectivity index (χ4v) is 2.85. The summed E-state index contributed by atoms with van der Waals surface area (Å²) in [6.45, 7) is -3.78. The highest BCUT2D eigenvalue weighted by Crippen LogP contribution is 2.36. The minimum Gasteiger partial charge on any atom is -0.493 e. The quantitative estimate of drug-likeness (QED) is 0.931. The van der Waals surface area contributed by atoms with Crippen LogP contribution in [0.3, 0.4) is 0 Å². The van der Waals surface area contributed by atoms with Crippen molar-refractivity contribution in [2.75, 3.05) is 26.4 Å². The lowest BCUT2D eigenvalue weighted by Gasteiger charge is -2.32. The standard InChI is InChI=1S/C19H20FNO3/c20-15-3-1-13(2-4-15)17-7-8-21-10-14(17)11-22-16-5-6-18-19(9-16)24-12-23-18/h1-6,9,14,17,21H,7-8,10-12H2/t14-,17?/m0/s1/i11D2,12D2,17D. The van der Waals surface area contributed by atoms with E-state index in [4.69, 9.17) is 21.1 Å². The second-order valence-corrected chi connectivity index (χ2v) is 5.65. The monoisotopic (exact) mass is 334 g/mol. The summed E-state index contributed by atoms with van der Waals surface area (Å²) in [7, 11) is 0. The highest BCUT2D eigenvalue weighted by Gasteiger charge is 2.27. The molecule has 2 atom stereocenters. The molecule has 0 spiro atoms. The zero-order chi connectivity index (χ0) is 20.9. The molecule has 2 aromatic rings. The van der Waals surface area contributed by atoms with E-state index in [1.165, 1.54) is 42.5 Å². The molecule has 0 aromatic heterocycles. The highest BCUT2D eigenvalue weighted by atomic mass is 19.1. The van der Waals surface area contributed by atoms with E-state index in [9.17, 15) is 4.39 Å². The second kappa shape index (κ2) is 6.69. The van der Waals surface area contributed by atoms with Crippen molar-refractivity contribution in [1.82, 2.24) is 5.32 Å². The molecular weight excluding hydrogens is 309 g/mol. The zero-order valence-corrected chi connectivity index (χ0v) is 12.8. The lowest BCUT2D eigenvalue weighted by Crippen LogP contribution is -2.38. The normalized spacial score (nSPS) is 31.2. The number of rotatable bonds is 4. The molecule has 0 aliphatic carbocycles. The molecule has 1 saturated heterocycles. The van der Waals surface area contributed by atoms with Gasteiger partial charge in [-0.25, -0.2) is 4.39 Å². The van der Waals surface area contributed by atoms with E-state index in [0.717, 1.165) is 0 Å². The summed E-state index contributed by atoms with van der Waals surface area (Å²) in [6, 6.07) is 9.83. The van der Waals surface area contributed by atoms with Crippen molar-refractivity contribution < 1.29 is 25.5 Å². The lowest BCUT2D eigenvalue weighted by molar-refractivity contribution is 0.173. The molecule has 126 valence electrons. The smallest absolute Gasteiger partial charge is 0.231 e. The summed E-state index contributed by atoms with van der Waals surface area (Å²) in [5.74, 6) is -2.17. The Morgan fingerprint density at radius 1 is 1.25 bits per heavy atom. The Bertz CT molecular complexity index is 911.